The van der Waals surface area contributed by atoms with Crippen molar-refractivity contribution in [3.8, 4) is 6.07 Å². The van der Waals surface area contributed by atoms with Gasteiger partial charge in [0.1, 0.15) is 6.04 Å². The molecule has 3 nitrogen and oxygen atoms in total. The van der Waals surface area contributed by atoms with Crippen molar-refractivity contribution in [1.29, 1.82) is 5.26 Å². The van der Waals surface area contributed by atoms with Crippen molar-refractivity contribution < 1.29 is 0 Å². The maximum Gasteiger partial charge on any atom is 0.135 e. The number of aromatic nitrogens is 1. The largest absolute Gasteiger partial charge is 0.311 e. The summed E-state index contributed by atoms with van der Waals surface area (Å²) in [6, 6.07) is 4.97. The molecule has 0 aliphatic heterocycles. The van der Waals surface area contributed by atoms with Crippen LogP contribution in [-0.4, -0.2) is 4.98 Å². The van der Waals surface area contributed by atoms with E-state index >= 15 is 0 Å². The van der Waals surface area contributed by atoms with Gasteiger partial charge in [0, 0.05) is 6.20 Å². The maximum absolute atomic E-state index is 8.44. The Morgan fingerprint density at radius 1 is 1.64 bits per heavy atom. The van der Waals surface area contributed by atoms with Crippen molar-refractivity contribution in [2.75, 3.05) is 0 Å². The van der Waals surface area contributed by atoms with E-state index in [0.29, 0.717) is 5.69 Å². The van der Waals surface area contributed by atoms with Gasteiger partial charge in [0.05, 0.1) is 11.8 Å². The highest BCUT2D eigenvalue weighted by Crippen LogP contribution is 2.05. The van der Waals surface area contributed by atoms with Crippen LogP contribution in [0, 0.1) is 18.3 Å². The third-order valence-electron chi connectivity index (χ3n) is 1.39. The van der Waals surface area contributed by atoms with Crippen molar-refractivity contribution in [1.82, 2.24) is 4.98 Å². The number of hydrogen-bond acceptors (Lipinski definition) is 3. The molecule has 0 amide bonds. The maximum atomic E-state index is 8.44. The quantitative estimate of drug-likeness (QED) is 0.642. The van der Waals surface area contributed by atoms with E-state index in [1.165, 1.54) is 0 Å². The molecule has 1 aromatic heterocycles. The lowest BCUT2D eigenvalue weighted by Crippen LogP contribution is -2.08. The zero-order valence-corrected chi connectivity index (χ0v) is 6.28. The molecular weight excluding hydrogens is 138 g/mol. The summed E-state index contributed by atoms with van der Waals surface area (Å²) < 4.78 is 0. The minimum Gasteiger partial charge on any atom is -0.311 e. The summed E-state index contributed by atoms with van der Waals surface area (Å²) in [6.45, 7) is 1.94. The second kappa shape index (κ2) is 3.13. The van der Waals surface area contributed by atoms with Crippen molar-refractivity contribution in [2.45, 2.75) is 13.0 Å². The molecule has 1 atom stereocenters. The van der Waals surface area contributed by atoms with Crippen LogP contribution in [0.2, 0.25) is 0 Å². The predicted octanol–water partition coefficient (Wildman–Crippen LogP) is 0.913. The van der Waals surface area contributed by atoms with Crippen molar-refractivity contribution in [2.24, 2.45) is 5.73 Å². The SMILES string of the molecule is Cc1ccc(C(N)C#N)nc1. The fourth-order valence-corrected chi connectivity index (χ4v) is 0.729. The van der Waals surface area contributed by atoms with Gasteiger partial charge in [0.15, 0.2) is 0 Å². The molecule has 0 aromatic carbocycles. The van der Waals surface area contributed by atoms with Gasteiger partial charge in [0.25, 0.3) is 0 Å². The average Bonchev–Trinajstić information content (AvgIpc) is 2.05. The molecular formula is C8H9N3. The Balaban J connectivity index is 2.92. The van der Waals surface area contributed by atoms with Crippen LogP contribution in [0.15, 0.2) is 18.3 Å². The molecule has 1 rings (SSSR count). The van der Waals surface area contributed by atoms with E-state index in [9.17, 15) is 0 Å². The minimum absolute atomic E-state index is 0.601. The van der Waals surface area contributed by atoms with Crippen LogP contribution in [0.5, 0.6) is 0 Å². The molecule has 0 aliphatic rings. The first-order valence-electron chi connectivity index (χ1n) is 3.32. The van der Waals surface area contributed by atoms with E-state index in [2.05, 4.69) is 4.98 Å². The molecule has 0 saturated heterocycles. The summed E-state index contributed by atoms with van der Waals surface area (Å²) in [6.07, 6.45) is 1.70. The molecule has 0 bridgehead atoms. The van der Waals surface area contributed by atoms with E-state index in [1.807, 2.05) is 19.1 Å². The highest BCUT2D eigenvalue weighted by atomic mass is 14.8. The molecule has 2 N–H and O–H groups in total. The normalized spacial score (nSPS) is 12.1. The van der Waals surface area contributed by atoms with E-state index in [0.717, 1.165) is 5.56 Å². The van der Waals surface area contributed by atoms with E-state index < -0.39 is 6.04 Å². The van der Waals surface area contributed by atoms with Gasteiger partial charge in [-0.2, -0.15) is 5.26 Å². The zero-order valence-electron chi connectivity index (χ0n) is 6.28. The van der Waals surface area contributed by atoms with Crippen LogP contribution in [0.25, 0.3) is 0 Å². The first-order valence-corrected chi connectivity index (χ1v) is 3.32. The lowest BCUT2D eigenvalue weighted by molar-refractivity contribution is 0.873. The third kappa shape index (κ3) is 1.76. The summed E-state index contributed by atoms with van der Waals surface area (Å²) in [5.74, 6) is 0. The second-order valence-corrected chi connectivity index (χ2v) is 2.37. The Labute approximate surface area is 65.5 Å². The molecule has 11 heavy (non-hydrogen) atoms. The topological polar surface area (TPSA) is 62.7 Å². The number of nitrogens with zero attached hydrogens (tertiary/aromatic N) is 2. The summed E-state index contributed by atoms with van der Waals surface area (Å²) in [7, 11) is 0. The van der Waals surface area contributed by atoms with Crippen LogP contribution in [0.1, 0.15) is 17.3 Å². The smallest absolute Gasteiger partial charge is 0.135 e. The van der Waals surface area contributed by atoms with Crippen molar-refractivity contribution >= 4 is 0 Å². The molecule has 0 fully saturated rings. The van der Waals surface area contributed by atoms with Crippen LogP contribution in [0.4, 0.5) is 0 Å². The standard InChI is InChI=1S/C8H9N3/c1-6-2-3-8(11-5-6)7(10)4-9/h2-3,5,7H,10H2,1H3. The Hall–Kier alpha value is -1.40. The van der Waals surface area contributed by atoms with E-state index in [4.69, 9.17) is 11.0 Å². The summed E-state index contributed by atoms with van der Waals surface area (Å²) in [5.41, 5.74) is 7.11. The number of rotatable bonds is 1. The summed E-state index contributed by atoms with van der Waals surface area (Å²) >= 11 is 0. The van der Waals surface area contributed by atoms with Crippen molar-refractivity contribution in [3.63, 3.8) is 0 Å². The molecule has 0 aliphatic carbocycles. The lowest BCUT2D eigenvalue weighted by Gasteiger charge is -2.00. The zero-order chi connectivity index (χ0) is 8.27. The molecule has 0 saturated carbocycles. The highest BCUT2D eigenvalue weighted by Gasteiger charge is 2.03. The molecule has 1 unspecified atom stereocenters. The second-order valence-electron chi connectivity index (χ2n) is 2.37. The average molecular weight is 147 g/mol. The first kappa shape index (κ1) is 7.70. The lowest BCUT2D eigenvalue weighted by atomic mass is 10.2. The first-order chi connectivity index (χ1) is 5.24. The van der Waals surface area contributed by atoms with Gasteiger partial charge >= 0.3 is 0 Å². The van der Waals surface area contributed by atoms with Crippen LogP contribution in [0.3, 0.4) is 0 Å². The molecule has 1 heterocycles. The number of nitriles is 1. The van der Waals surface area contributed by atoms with Gasteiger partial charge < -0.3 is 5.73 Å². The monoisotopic (exact) mass is 147 g/mol. The molecule has 56 valence electrons. The summed E-state index contributed by atoms with van der Waals surface area (Å²) in [4.78, 5) is 4.00. The highest BCUT2D eigenvalue weighted by molar-refractivity contribution is 5.18. The number of nitrogens with two attached hydrogens (primary N) is 1. The molecule has 0 radical (unpaired) electrons. The predicted molar refractivity (Wildman–Crippen MR) is 41.5 cm³/mol. The number of hydrogen-bond donors (Lipinski definition) is 1. The summed E-state index contributed by atoms with van der Waals surface area (Å²) in [5, 5.41) is 8.44. The molecule has 1 aromatic rings. The molecule has 0 spiro atoms. The van der Waals surface area contributed by atoms with Gasteiger partial charge in [-0.25, -0.2) is 0 Å². The van der Waals surface area contributed by atoms with E-state index in [1.54, 1.807) is 12.3 Å². The van der Waals surface area contributed by atoms with Crippen LogP contribution in [-0.2, 0) is 0 Å². The minimum atomic E-state index is -0.601. The van der Waals surface area contributed by atoms with Crippen LogP contribution >= 0.6 is 0 Å². The van der Waals surface area contributed by atoms with E-state index in [-0.39, 0.29) is 0 Å². The fraction of sp³-hybridized carbons (Fsp3) is 0.250. The Morgan fingerprint density at radius 3 is 2.82 bits per heavy atom. The van der Waals surface area contributed by atoms with Gasteiger partial charge in [-0.1, -0.05) is 6.07 Å². The van der Waals surface area contributed by atoms with Gasteiger partial charge in [0.2, 0.25) is 0 Å². The fourth-order valence-electron chi connectivity index (χ4n) is 0.729. The van der Waals surface area contributed by atoms with Gasteiger partial charge in [-0.05, 0) is 18.6 Å². The third-order valence-corrected chi connectivity index (χ3v) is 1.39. The Kier molecular flexibility index (Phi) is 2.19. The Morgan fingerprint density at radius 2 is 2.36 bits per heavy atom. The van der Waals surface area contributed by atoms with Crippen molar-refractivity contribution in [3.05, 3.63) is 29.6 Å². The Bertz CT molecular complexity index is 270. The van der Waals surface area contributed by atoms with Gasteiger partial charge in [-0.15, -0.1) is 0 Å². The molecule has 3 heteroatoms. The number of pyridine rings is 1. The van der Waals surface area contributed by atoms with Gasteiger partial charge in [-0.3, -0.25) is 4.98 Å². The van der Waals surface area contributed by atoms with Crippen LogP contribution < -0.4 is 5.73 Å². The number of aryl methyl sites for hydroxylation is 1.